The molecule has 4 aromatic rings. The summed E-state index contributed by atoms with van der Waals surface area (Å²) in [6.07, 6.45) is 4.35. The number of aromatic nitrogens is 5. The Morgan fingerprint density at radius 3 is 2.81 bits per heavy atom. The number of nitrogens with one attached hydrogen (secondary N) is 2. The lowest BCUT2D eigenvalue weighted by Gasteiger charge is -2.14. The van der Waals surface area contributed by atoms with E-state index in [9.17, 15) is 0 Å². The Morgan fingerprint density at radius 1 is 1.22 bits per heavy atom. The van der Waals surface area contributed by atoms with Crippen molar-refractivity contribution < 1.29 is 0 Å². The number of nitrogens with two attached hydrogens (primary N) is 1. The molecule has 3 aromatic heterocycles. The van der Waals surface area contributed by atoms with Crippen molar-refractivity contribution in [3.63, 3.8) is 0 Å². The average molecular weight is 359 g/mol. The summed E-state index contributed by atoms with van der Waals surface area (Å²) in [5, 5.41) is 15.5. The molecule has 1 aliphatic carbocycles. The van der Waals surface area contributed by atoms with Crippen LogP contribution in [0.2, 0.25) is 0 Å². The first kappa shape index (κ1) is 15.9. The van der Waals surface area contributed by atoms with Crippen molar-refractivity contribution >= 4 is 17.3 Å². The summed E-state index contributed by atoms with van der Waals surface area (Å²) in [4.78, 5) is 4.48. The molecular formula is C20H21N7. The highest BCUT2D eigenvalue weighted by molar-refractivity contribution is 5.86. The molecule has 1 saturated carbocycles. The number of nitrogen functional groups attached to an aromatic ring is 1. The van der Waals surface area contributed by atoms with Gasteiger partial charge in [-0.25, -0.2) is 4.52 Å². The van der Waals surface area contributed by atoms with Crippen LogP contribution in [0.4, 0.5) is 11.8 Å². The van der Waals surface area contributed by atoms with Crippen molar-refractivity contribution in [2.75, 3.05) is 11.1 Å². The Balaban J connectivity index is 1.47. The lowest BCUT2D eigenvalue weighted by Crippen LogP contribution is -2.12. The summed E-state index contributed by atoms with van der Waals surface area (Å²) in [6, 6.07) is 14.4. The lowest BCUT2D eigenvalue weighted by molar-refractivity contribution is 0.827. The SMILES string of the molecule is C[C@@H](Nc1nc(N)c2c(-c3cc(C4CC4)n[nH]3)ccn2n1)c1ccccc1. The number of anilines is 2. The van der Waals surface area contributed by atoms with Crippen molar-refractivity contribution in [3.05, 3.63) is 59.9 Å². The van der Waals surface area contributed by atoms with Gasteiger partial charge in [0.05, 0.1) is 17.4 Å². The zero-order valence-electron chi connectivity index (χ0n) is 15.1. The molecule has 1 aromatic carbocycles. The lowest BCUT2D eigenvalue weighted by atomic mass is 10.1. The zero-order valence-corrected chi connectivity index (χ0v) is 15.1. The van der Waals surface area contributed by atoms with E-state index in [1.165, 1.54) is 12.8 Å². The first-order valence-electron chi connectivity index (χ1n) is 9.21. The van der Waals surface area contributed by atoms with Crippen LogP contribution in [0, 0.1) is 0 Å². The summed E-state index contributed by atoms with van der Waals surface area (Å²) in [7, 11) is 0. The van der Waals surface area contributed by atoms with Gasteiger partial charge < -0.3 is 11.1 Å². The standard InChI is InChI=1S/C20H21N7/c1-12(13-5-3-2-4-6-13)22-20-23-19(21)18-15(9-10-27(18)26-20)17-11-16(24-25-17)14-7-8-14/h2-6,9-12,14H,7-8H2,1H3,(H,24,25)(H3,21,22,23,26)/t12-/m1/s1. The molecular weight excluding hydrogens is 338 g/mol. The van der Waals surface area contributed by atoms with E-state index in [0.717, 1.165) is 28.0 Å². The summed E-state index contributed by atoms with van der Waals surface area (Å²) in [5.41, 5.74) is 11.3. The Morgan fingerprint density at radius 2 is 2.04 bits per heavy atom. The van der Waals surface area contributed by atoms with E-state index in [0.29, 0.717) is 17.7 Å². The van der Waals surface area contributed by atoms with Crippen molar-refractivity contribution in [2.24, 2.45) is 0 Å². The molecule has 0 radical (unpaired) electrons. The van der Waals surface area contributed by atoms with E-state index < -0.39 is 0 Å². The highest BCUT2D eigenvalue weighted by Crippen LogP contribution is 2.40. The summed E-state index contributed by atoms with van der Waals surface area (Å²) in [5.74, 6) is 1.55. The topological polar surface area (TPSA) is 96.9 Å². The van der Waals surface area contributed by atoms with Crippen LogP contribution in [0.3, 0.4) is 0 Å². The summed E-state index contributed by atoms with van der Waals surface area (Å²) in [6.45, 7) is 2.07. The van der Waals surface area contributed by atoms with Gasteiger partial charge in [0.25, 0.3) is 0 Å². The third-order valence-electron chi connectivity index (χ3n) is 5.07. The van der Waals surface area contributed by atoms with Crippen molar-refractivity contribution in [2.45, 2.75) is 31.7 Å². The average Bonchev–Trinajstić information content (AvgIpc) is 3.25. The first-order valence-corrected chi connectivity index (χ1v) is 9.21. The van der Waals surface area contributed by atoms with Crippen LogP contribution in [0.1, 0.15) is 43.0 Å². The number of fused-ring (bicyclic) bond motifs is 1. The molecule has 1 fully saturated rings. The first-order chi connectivity index (χ1) is 13.2. The minimum atomic E-state index is 0.0757. The number of hydrogen-bond acceptors (Lipinski definition) is 5. The molecule has 7 nitrogen and oxygen atoms in total. The highest BCUT2D eigenvalue weighted by Gasteiger charge is 2.26. The van der Waals surface area contributed by atoms with Gasteiger partial charge in [0, 0.05) is 17.7 Å². The predicted octanol–water partition coefficient (Wildman–Crippen LogP) is 3.75. The Labute approximate surface area is 156 Å². The maximum Gasteiger partial charge on any atom is 0.243 e. The van der Waals surface area contributed by atoms with Gasteiger partial charge in [0.2, 0.25) is 5.95 Å². The molecule has 1 atom stereocenters. The van der Waals surface area contributed by atoms with Gasteiger partial charge in [-0.05, 0) is 37.5 Å². The molecule has 1 aliphatic rings. The largest absolute Gasteiger partial charge is 0.382 e. The van der Waals surface area contributed by atoms with Crippen LogP contribution in [-0.2, 0) is 0 Å². The van der Waals surface area contributed by atoms with E-state index >= 15 is 0 Å². The second-order valence-corrected chi connectivity index (χ2v) is 7.10. The maximum atomic E-state index is 6.29. The van der Waals surface area contributed by atoms with Gasteiger partial charge in [-0.2, -0.15) is 10.1 Å². The third kappa shape index (κ3) is 2.91. The normalized spacial score (nSPS) is 15.1. The van der Waals surface area contributed by atoms with Crippen LogP contribution in [-0.4, -0.2) is 24.8 Å². The van der Waals surface area contributed by atoms with Gasteiger partial charge >= 0.3 is 0 Å². The Kier molecular flexibility index (Phi) is 3.60. The predicted molar refractivity (Wildman–Crippen MR) is 105 cm³/mol. The molecule has 3 heterocycles. The number of hydrogen-bond donors (Lipinski definition) is 3. The second-order valence-electron chi connectivity index (χ2n) is 7.10. The van der Waals surface area contributed by atoms with Crippen molar-refractivity contribution in [1.29, 1.82) is 0 Å². The van der Waals surface area contributed by atoms with E-state index in [-0.39, 0.29) is 6.04 Å². The van der Waals surface area contributed by atoms with Crippen LogP contribution in [0.15, 0.2) is 48.7 Å². The van der Waals surface area contributed by atoms with Gasteiger partial charge in [-0.15, -0.1) is 5.10 Å². The maximum absolute atomic E-state index is 6.29. The molecule has 27 heavy (non-hydrogen) atoms. The molecule has 0 bridgehead atoms. The van der Waals surface area contributed by atoms with E-state index in [1.807, 2.05) is 30.5 Å². The monoisotopic (exact) mass is 359 g/mol. The van der Waals surface area contributed by atoms with Crippen LogP contribution in [0.25, 0.3) is 16.8 Å². The summed E-state index contributed by atoms with van der Waals surface area (Å²) < 4.78 is 1.77. The smallest absolute Gasteiger partial charge is 0.243 e. The molecule has 0 aliphatic heterocycles. The number of rotatable bonds is 5. The molecule has 7 heteroatoms. The molecule has 0 spiro atoms. The van der Waals surface area contributed by atoms with Gasteiger partial charge in [-0.1, -0.05) is 30.3 Å². The van der Waals surface area contributed by atoms with Crippen LogP contribution < -0.4 is 11.1 Å². The summed E-state index contributed by atoms with van der Waals surface area (Å²) >= 11 is 0. The van der Waals surface area contributed by atoms with Gasteiger partial charge in [0.15, 0.2) is 5.82 Å². The minimum absolute atomic E-state index is 0.0757. The molecule has 136 valence electrons. The fraction of sp³-hybridized carbons (Fsp3) is 0.250. The molecule has 0 saturated heterocycles. The molecule has 0 amide bonds. The number of H-pyrrole nitrogens is 1. The minimum Gasteiger partial charge on any atom is -0.382 e. The Bertz CT molecular complexity index is 1090. The van der Waals surface area contributed by atoms with E-state index in [4.69, 9.17) is 5.73 Å². The van der Waals surface area contributed by atoms with Gasteiger partial charge in [-0.3, -0.25) is 5.10 Å². The second kappa shape index (κ2) is 6.12. The van der Waals surface area contributed by atoms with Crippen LogP contribution in [0.5, 0.6) is 0 Å². The highest BCUT2D eigenvalue weighted by atomic mass is 15.3. The van der Waals surface area contributed by atoms with Crippen molar-refractivity contribution in [3.8, 4) is 11.3 Å². The fourth-order valence-corrected chi connectivity index (χ4v) is 3.41. The van der Waals surface area contributed by atoms with Crippen LogP contribution >= 0.6 is 0 Å². The number of aromatic amines is 1. The quantitative estimate of drug-likeness (QED) is 0.504. The molecule has 4 N–H and O–H groups in total. The molecule has 0 unspecified atom stereocenters. The number of benzene rings is 1. The van der Waals surface area contributed by atoms with E-state index in [2.05, 4.69) is 50.7 Å². The fourth-order valence-electron chi connectivity index (χ4n) is 3.41. The van der Waals surface area contributed by atoms with Crippen molar-refractivity contribution in [1.82, 2.24) is 24.8 Å². The number of nitrogens with zero attached hydrogens (tertiary/aromatic N) is 4. The zero-order chi connectivity index (χ0) is 18.4. The Hall–Kier alpha value is -3.35. The van der Waals surface area contributed by atoms with Gasteiger partial charge in [0.1, 0.15) is 5.52 Å². The third-order valence-corrected chi connectivity index (χ3v) is 5.07. The van der Waals surface area contributed by atoms with E-state index in [1.54, 1.807) is 4.52 Å². The molecule has 5 rings (SSSR count).